The van der Waals surface area contributed by atoms with Crippen molar-refractivity contribution in [3.8, 4) is 0 Å². The Morgan fingerprint density at radius 2 is 2.31 bits per heavy atom. The first kappa shape index (κ1) is 11.1. The molecule has 1 aromatic carbocycles. The van der Waals surface area contributed by atoms with Gasteiger partial charge in [0.2, 0.25) is 5.76 Å². The van der Waals surface area contributed by atoms with Gasteiger partial charge in [0.25, 0.3) is 0 Å². The lowest BCUT2D eigenvalue weighted by Crippen LogP contribution is -2.02. The fourth-order valence-corrected chi connectivity index (χ4v) is 1.79. The van der Waals surface area contributed by atoms with E-state index in [1.54, 1.807) is 13.0 Å². The predicted octanol–water partition coefficient (Wildman–Crippen LogP) is 3.51. The molecule has 2 rings (SSSR count). The van der Waals surface area contributed by atoms with E-state index in [2.05, 4.69) is 15.9 Å². The Bertz CT molecular complexity index is 547. The van der Waals surface area contributed by atoms with Gasteiger partial charge in [-0.25, -0.2) is 9.18 Å². The molecule has 0 aliphatic heterocycles. The number of fused-ring (bicyclic) bond motifs is 1. The van der Waals surface area contributed by atoms with Gasteiger partial charge in [0, 0.05) is 5.39 Å². The van der Waals surface area contributed by atoms with Gasteiger partial charge in [0.15, 0.2) is 5.58 Å². The summed E-state index contributed by atoms with van der Waals surface area (Å²) in [7, 11) is 0. The van der Waals surface area contributed by atoms with Crippen molar-refractivity contribution in [2.45, 2.75) is 6.92 Å². The molecule has 84 valence electrons. The Labute approximate surface area is 99.3 Å². The minimum Gasteiger partial charge on any atom is -0.460 e. The number of hydrogen-bond acceptors (Lipinski definition) is 3. The lowest BCUT2D eigenvalue weighted by Gasteiger charge is -1.96. The fourth-order valence-electron chi connectivity index (χ4n) is 1.35. The van der Waals surface area contributed by atoms with Crippen molar-refractivity contribution in [3.05, 3.63) is 34.2 Å². The molecule has 0 unspecified atom stereocenters. The summed E-state index contributed by atoms with van der Waals surface area (Å²) in [4.78, 5) is 11.4. The van der Waals surface area contributed by atoms with E-state index in [0.29, 0.717) is 11.0 Å². The van der Waals surface area contributed by atoms with Crippen LogP contribution in [0, 0.1) is 5.82 Å². The molecule has 0 fully saturated rings. The Morgan fingerprint density at radius 1 is 1.56 bits per heavy atom. The van der Waals surface area contributed by atoms with Crippen LogP contribution in [0.25, 0.3) is 11.0 Å². The molecule has 1 heterocycles. The van der Waals surface area contributed by atoms with Crippen LogP contribution in [0.1, 0.15) is 17.5 Å². The zero-order chi connectivity index (χ0) is 11.7. The molecule has 0 amide bonds. The summed E-state index contributed by atoms with van der Waals surface area (Å²) < 4.78 is 23.4. The van der Waals surface area contributed by atoms with Crippen molar-refractivity contribution in [2.24, 2.45) is 0 Å². The number of benzene rings is 1. The van der Waals surface area contributed by atoms with Gasteiger partial charge in [-0.3, -0.25) is 0 Å². The highest BCUT2D eigenvalue weighted by Gasteiger charge is 2.16. The Kier molecular flexibility index (Phi) is 2.96. The average molecular weight is 287 g/mol. The van der Waals surface area contributed by atoms with Gasteiger partial charge in [-0.2, -0.15) is 0 Å². The number of carbonyl (C=O) groups excluding carboxylic acids is 1. The lowest BCUT2D eigenvalue weighted by molar-refractivity contribution is 0.0492. The lowest BCUT2D eigenvalue weighted by atomic mass is 10.2. The van der Waals surface area contributed by atoms with Crippen LogP contribution in [0.5, 0.6) is 0 Å². The van der Waals surface area contributed by atoms with Crippen LogP contribution in [0.15, 0.2) is 27.1 Å². The van der Waals surface area contributed by atoms with Crippen molar-refractivity contribution in [1.29, 1.82) is 0 Å². The zero-order valence-electron chi connectivity index (χ0n) is 8.42. The van der Waals surface area contributed by atoms with Crippen molar-refractivity contribution in [1.82, 2.24) is 0 Å². The number of furan rings is 1. The first-order valence-corrected chi connectivity index (χ1v) is 5.47. The van der Waals surface area contributed by atoms with Crippen LogP contribution >= 0.6 is 15.9 Å². The minimum absolute atomic E-state index is 0.0724. The normalized spacial score (nSPS) is 10.7. The highest BCUT2D eigenvalue weighted by molar-refractivity contribution is 9.10. The van der Waals surface area contributed by atoms with Crippen LogP contribution in [0.4, 0.5) is 4.39 Å². The monoisotopic (exact) mass is 286 g/mol. The first-order valence-electron chi connectivity index (χ1n) is 4.68. The molecule has 0 saturated heterocycles. The van der Waals surface area contributed by atoms with Crippen LogP contribution in [-0.4, -0.2) is 12.6 Å². The summed E-state index contributed by atoms with van der Waals surface area (Å²) in [6, 6.07) is 4.37. The number of carbonyl (C=O) groups is 1. The molecule has 0 saturated carbocycles. The standard InChI is InChI=1S/C11H8BrFO3/c1-2-15-11(14)8-5-6-3-4-7(13)9(12)10(6)16-8/h3-5H,2H2,1H3. The molecule has 0 N–H and O–H groups in total. The van der Waals surface area contributed by atoms with E-state index in [4.69, 9.17) is 9.15 Å². The summed E-state index contributed by atoms with van der Waals surface area (Å²) in [5.74, 6) is -0.911. The van der Waals surface area contributed by atoms with E-state index in [-0.39, 0.29) is 16.8 Å². The smallest absolute Gasteiger partial charge is 0.374 e. The maximum atomic E-state index is 13.2. The molecular weight excluding hydrogens is 279 g/mol. The van der Waals surface area contributed by atoms with E-state index in [0.717, 1.165) is 0 Å². The summed E-state index contributed by atoms with van der Waals surface area (Å²) >= 11 is 3.06. The molecule has 3 nitrogen and oxygen atoms in total. The second-order valence-corrected chi connectivity index (χ2v) is 3.90. The van der Waals surface area contributed by atoms with Crippen molar-refractivity contribution >= 4 is 32.9 Å². The van der Waals surface area contributed by atoms with E-state index in [1.807, 2.05) is 0 Å². The molecule has 0 radical (unpaired) electrons. The quantitative estimate of drug-likeness (QED) is 0.793. The number of halogens is 2. The number of esters is 1. The molecule has 2 aromatic rings. The van der Waals surface area contributed by atoms with E-state index < -0.39 is 11.8 Å². The second-order valence-electron chi connectivity index (χ2n) is 3.11. The molecule has 16 heavy (non-hydrogen) atoms. The third-order valence-electron chi connectivity index (χ3n) is 2.06. The molecule has 0 bridgehead atoms. The van der Waals surface area contributed by atoms with Gasteiger partial charge < -0.3 is 9.15 Å². The fraction of sp³-hybridized carbons (Fsp3) is 0.182. The first-order chi connectivity index (χ1) is 7.63. The summed E-state index contributed by atoms with van der Waals surface area (Å²) in [5, 5.41) is 0.649. The van der Waals surface area contributed by atoms with Crippen LogP contribution < -0.4 is 0 Å². The Morgan fingerprint density at radius 3 is 3.00 bits per heavy atom. The van der Waals surface area contributed by atoms with Crippen molar-refractivity contribution in [2.75, 3.05) is 6.61 Å². The van der Waals surface area contributed by atoms with Gasteiger partial charge >= 0.3 is 5.97 Å². The van der Waals surface area contributed by atoms with Gasteiger partial charge in [-0.1, -0.05) is 0 Å². The van der Waals surface area contributed by atoms with Crippen LogP contribution in [0.3, 0.4) is 0 Å². The largest absolute Gasteiger partial charge is 0.460 e. The Balaban J connectivity index is 2.52. The van der Waals surface area contributed by atoms with Crippen LogP contribution in [-0.2, 0) is 4.74 Å². The van der Waals surface area contributed by atoms with Gasteiger partial charge in [-0.15, -0.1) is 0 Å². The van der Waals surface area contributed by atoms with E-state index in [9.17, 15) is 9.18 Å². The highest BCUT2D eigenvalue weighted by atomic mass is 79.9. The molecule has 1 aromatic heterocycles. The second kappa shape index (κ2) is 4.25. The van der Waals surface area contributed by atoms with Crippen molar-refractivity contribution in [3.63, 3.8) is 0 Å². The maximum Gasteiger partial charge on any atom is 0.374 e. The molecule has 0 aliphatic carbocycles. The third kappa shape index (κ3) is 1.82. The molecule has 0 spiro atoms. The van der Waals surface area contributed by atoms with Gasteiger partial charge in [0.05, 0.1) is 11.1 Å². The number of rotatable bonds is 2. The highest BCUT2D eigenvalue weighted by Crippen LogP contribution is 2.29. The van der Waals surface area contributed by atoms with Crippen molar-refractivity contribution < 1.29 is 18.3 Å². The molecular formula is C11H8BrFO3. The minimum atomic E-state index is -0.550. The zero-order valence-corrected chi connectivity index (χ0v) is 10.0. The van der Waals surface area contributed by atoms with Crippen LogP contribution in [0.2, 0.25) is 0 Å². The number of ether oxygens (including phenoxy) is 1. The topological polar surface area (TPSA) is 39.4 Å². The average Bonchev–Trinajstić information content (AvgIpc) is 2.69. The molecule has 0 atom stereocenters. The molecule has 0 aliphatic rings. The summed E-state index contributed by atoms with van der Waals surface area (Å²) in [5.41, 5.74) is 0.308. The predicted molar refractivity (Wildman–Crippen MR) is 59.8 cm³/mol. The van der Waals surface area contributed by atoms with E-state index in [1.165, 1.54) is 12.1 Å². The summed E-state index contributed by atoms with van der Waals surface area (Å²) in [6.07, 6.45) is 0. The molecule has 5 heteroatoms. The SMILES string of the molecule is CCOC(=O)c1cc2ccc(F)c(Br)c2o1. The summed E-state index contributed by atoms with van der Waals surface area (Å²) in [6.45, 7) is 1.97. The third-order valence-corrected chi connectivity index (χ3v) is 2.79. The van der Waals surface area contributed by atoms with Gasteiger partial charge in [0.1, 0.15) is 5.82 Å². The number of hydrogen-bond donors (Lipinski definition) is 0. The van der Waals surface area contributed by atoms with Gasteiger partial charge in [-0.05, 0) is 41.1 Å². The Hall–Kier alpha value is -1.36. The van der Waals surface area contributed by atoms with E-state index >= 15 is 0 Å². The maximum absolute atomic E-state index is 13.2.